The number of hydrogen-bond acceptors (Lipinski definition) is 3. The fourth-order valence-corrected chi connectivity index (χ4v) is 1.49. The normalized spacial score (nSPS) is 10.7. The Kier molecular flexibility index (Phi) is 6.08. The molecule has 3 nitrogen and oxygen atoms in total. The molecule has 0 spiro atoms. The van der Waals surface area contributed by atoms with Gasteiger partial charge in [-0.15, -0.1) is 0 Å². The van der Waals surface area contributed by atoms with E-state index in [2.05, 4.69) is 19.1 Å². The van der Waals surface area contributed by atoms with E-state index < -0.39 is 0 Å². The van der Waals surface area contributed by atoms with Crippen molar-refractivity contribution in [2.24, 2.45) is 5.73 Å². The first-order valence-corrected chi connectivity index (χ1v) is 5.72. The van der Waals surface area contributed by atoms with Gasteiger partial charge in [-0.3, -0.25) is 0 Å². The van der Waals surface area contributed by atoms with Gasteiger partial charge in [0.05, 0.1) is 19.8 Å². The standard InChI is InChI=1S/C13H21NO2/c1-3-15-6-7-16-10-13-5-4-12(9-14)8-11(13)2/h4-5,8H,3,6-7,9-10,14H2,1-2H3. The maximum Gasteiger partial charge on any atom is 0.0720 e. The van der Waals surface area contributed by atoms with Crippen LogP contribution in [0.4, 0.5) is 0 Å². The van der Waals surface area contributed by atoms with E-state index in [9.17, 15) is 0 Å². The molecule has 0 aliphatic rings. The molecule has 0 atom stereocenters. The summed E-state index contributed by atoms with van der Waals surface area (Å²) in [6.45, 7) is 7.35. The van der Waals surface area contributed by atoms with Crippen molar-refractivity contribution in [2.45, 2.75) is 27.0 Å². The number of hydrogen-bond donors (Lipinski definition) is 1. The van der Waals surface area contributed by atoms with Gasteiger partial charge in [-0.05, 0) is 30.5 Å². The van der Waals surface area contributed by atoms with E-state index in [0.717, 1.165) is 12.2 Å². The van der Waals surface area contributed by atoms with Gasteiger partial charge in [-0.2, -0.15) is 0 Å². The highest BCUT2D eigenvalue weighted by Crippen LogP contribution is 2.11. The molecule has 90 valence electrons. The topological polar surface area (TPSA) is 44.5 Å². The fraction of sp³-hybridized carbons (Fsp3) is 0.538. The van der Waals surface area contributed by atoms with E-state index >= 15 is 0 Å². The second-order valence-electron chi connectivity index (χ2n) is 3.71. The van der Waals surface area contributed by atoms with Gasteiger partial charge in [0.15, 0.2) is 0 Å². The second-order valence-corrected chi connectivity index (χ2v) is 3.71. The molecule has 0 saturated heterocycles. The number of nitrogens with two attached hydrogens (primary N) is 1. The van der Waals surface area contributed by atoms with Crippen LogP contribution in [0.25, 0.3) is 0 Å². The monoisotopic (exact) mass is 223 g/mol. The fourth-order valence-electron chi connectivity index (χ4n) is 1.49. The molecule has 0 fully saturated rings. The van der Waals surface area contributed by atoms with Gasteiger partial charge >= 0.3 is 0 Å². The van der Waals surface area contributed by atoms with Crippen LogP contribution >= 0.6 is 0 Å². The molecule has 0 saturated carbocycles. The zero-order valence-electron chi connectivity index (χ0n) is 10.2. The van der Waals surface area contributed by atoms with E-state index in [-0.39, 0.29) is 0 Å². The molecule has 0 unspecified atom stereocenters. The largest absolute Gasteiger partial charge is 0.379 e. The first-order chi connectivity index (χ1) is 7.77. The Morgan fingerprint density at radius 2 is 1.94 bits per heavy atom. The number of benzene rings is 1. The minimum Gasteiger partial charge on any atom is -0.379 e. The summed E-state index contributed by atoms with van der Waals surface area (Å²) in [5, 5.41) is 0. The van der Waals surface area contributed by atoms with Crippen molar-refractivity contribution in [1.82, 2.24) is 0 Å². The van der Waals surface area contributed by atoms with Crippen molar-refractivity contribution >= 4 is 0 Å². The summed E-state index contributed by atoms with van der Waals surface area (Å²) in [4.78, 5) is 0. The number of rotatable bonds is 7. The summed E-state index contributed by atoms with van der Waals surface area (Å²) in [5.74, 6) is 0. The zero-order valence-corrected chi connectivity index (χ0v) is 10.2. The lowest BCUT2D eigenvalue weighted by Crippen LogP contribution is -2.05. The van der Waals surface area contributed by atoms with Gasteiger partial charge in [-0.25, -0.2) is 0 Å². The maximum atomic E-state index is 5.58. The third-order valence-corrected chi connectivity index (χ3v) is 2.48. The van der Waals surface area contributed by atoms with Crippen LogP contribution in [0, 0.1) is 6.92 Å². The first-order valence-electron chi connectivity index (χ1n) is 5.72. The SMILES string of the molecule is CCOCCOCc1ccc(CN)cc1C. The van der Waals surface area contributed by atoms with Crippen molar-refractivity contribution in [3.8, 4) is 0 Å². The lowest BCUT2D eigenvalue weighted by atomic mass is 10.1. The van der Waals surface area contributed by atoms with Crippen molar-refractivity contribution in [3.05, 3.63) is 34.9 Å². The molecule has 0 aromatic heterocycles. The molecule has 0 heterocycles. The molecule has 0 aliphatic heterocycles. The molecule has 1 aromatic carbocycles. The molecule has 2 N–H and O–H groups in total. The van der Waals surface area contributed by atoms with Crippen LogP contribution in [-0.4, -0.2) is 19.8 Å². The molecule has 0 amide bonds. The minimum absolute atomic E-state index is 0.590. The summed E-state index contributed by atoms with van der Waals surface area (Å²) in [6.07, 6.45) is 0. The Hall–Kier alpha value is -0.900. The van der Waals surface area contributed by atoms with Crippen molar-refractivity contribution in [3.63, 3.8) is 0 Å². The highest BCUT2D eigenvalue weighted by molar-refractivity contribution is 5.30. The van der Waals surface area contributed by atoms with Crippen molar-refractivity contribution in [1.29, 1.82) is 0 Å². The summed E-state index contributed by atoms with van der Waals surface area (Å²) >= 11 is 0. The van der Waals surface area contributed by atoms with Gasteiger partial charge < -0.3 is 15.2 Å². The third kappa shape index (κ3) is 4.31. The quantitative estimate of drug-likeness (QED) is 0.719. The van der Waals surface area contributed by atoms with Crippen LogP contribution in [0.15, 0.2) is 18.2 Å². The second kappa shape index (κ2) is 7.39. The van der Waals surface area contributed by atoms with E-state index in [0.29, 0.717) is 26.4 Å². The third-order valence-electron chi connectivity index (χ3n) is 2.48. The van der Waals surface area contributed by atoms with E-state index in [1.807, 2.05) is 13.0 Å². The molecule has 3 heteroatoms. The summed E-state index contributed by atoms with van der Waals surface area (Å²) < 4.78 is 10.7. The van der Waals surface area contributed by atoms with Gasteiger partial charge in [0.2, 0.25) is 0 Å². The van der Waals surface area contributed by atoms with E-state index in [4.69, 9.17) is 15.2 Å². The van der Waals surface area contributed by atoms with Crippen LogP contribution in [0.1, 0.15) is 23.6 Å². The maximum absolute atomic E-state index is 5.58. The Morgan fingerprint density at radius 3 is 2.56 bits per heavy atom. The highest BCUT2D eigenvalue weighted by atomic mass is 16.5. The van der Waals surface area contributed by atoms with Gasteiger partial charge in [-0.1, -0.05) is 18.2 Å². The average molecular weight is 223 g/mol. The Balaban J connectivity index is 2.36. The van der Waals surface area contributed by atoms with Crippen LogP contribution in [0.3, 0.4) is 0 Å². The molecule has 0 radical (unpaired) electrons. The van der Waals surface area contributed by atoms with Crippen LogP contribution < -0.4 is 5.73 Å². The Bertz CT molecular complexity index is 313. The summed E-state index contributed by atoms with van der Waals surface area (Å²) in [6, 6.07) is 6.24. The molecule has 16 heavy (non-hydrogen) atoms. The zero-order chi connectivity index (χ0) is 11.8. The molecule has 1 aromatic rings. The van der Waals surface area contributed by atoms with Crippen molar-refractivity contribution < 1.29 is 9.47 Å². The predicted molar refractivity (Wildman–Crippen MR) is 65.2 cm³/mol. The summed E-state index contributed by atoms with van der Waals surface area (Å²) in [7, 11) is 0. The number of aryl methyl sites for hydroxylation is 1. The number of ether oxygens (including phenoxy) is 2. The molecular formula is C13H21NO2. The van der Waals surface area contributed by atoms with Gasteiger partial charge in [0.1, 0.15) is 0 Å². The lowest BCUT2D eigenvalue weighted by molar-refractivity contribution is 0.0451. The van der Waals surface area contributed by atoms with Crippen LogP contribution in [0.5, 0.6) is 0 Å². The van der Waals surface area contributed by atoms with Crippen molar-refractivity contribution in [2.75, 3.05) is 19.8 Å². The highest BCUT2D eigenvalue weighted by Gasteiger charge is 1.99. The predicted octanol–water partition coefficient (Wildman–Crippen LogP) is 2.01. The molecule has 0 bridgehead atoms. The van der Waals surface area contributed by atoms with Crippen LogP contribution in [-0.2, 0) is 22.6 Å². The van der Waals surface area contributed by atoms with E-state index in [1.165, 1.54) is 11.1 Å². The lowest BCUT2D eigenvalue weighted by Gasteiger charge is -2.08. The van der Waals surface area contributed by atoms with E-state index in [1.54, 1.807) is 0 Å². The molecule has 0 aliphatic carbocycles. The first kappa shape index (κ1) is 13.2. The molecular weight excluding hydrogens is 202 g/mol. The van der Waals surface area contributed by atoms with Crippen LogP contribution in [0.2, 0.25) is 0 Å². The minimum atomic E-state index is 0.590. The van der Waals surface area contributed by atoms with Gasteiger partial charge in [0, 0.05) is 13.2 Å². The molecule has 1 rings (SSSR count). The Morgan fingerprint density at radius 1 is 1.19 bits per heavy atom. The smallest absolute Gasteiger partial charge is 0.0720 e. The average Bonchev–Trinajstić information content (AvgIpc) is 2.30. The van der Waals surface area contributed by atoms with Gasteiger partial charge in [0.25, 0.3) is 0 Å². The Labute approximate surface area is 97.6 Å². The summed E-state index contributed by atoms with van der Waals surface area (Å²) in [5.41, 5.74) is 9.19.